The van der Waals surface area contributed by atoms with E-state index in [2.05, 4.69) is 36.6 Å². The fourth-order valence-electron chi connectivity index (χ4n) is 13.1. The number of ether oxygens (including phenoxy) is 6. The molecule has 3 aliphatic heterocycles. The Kier molecular flexibility index (Phi) is 48.3. The SMILES string of the molecule is CCCCCCCCCCCCCC/C=C\CCCCCCCCCCCCC(=O)NC(COC1OC(CO)C(OC2OC(CO)C(O)C(OC3(C(=O)O)CC(O)C(NC(C)=O)C(C(O)C(O)CO)O3)C2O)C(O)C1O)C(O)/C=C/CCCCCCCCCCCCCCCC. The molecule has 0 aliphatic carbocycles. The molecule has 562 valence electrons. The number of carbonyl (C=O) groups is 3. The van der Waals surface area contributed by atoms with E-state index in [9.17, 15) is 75.7 Å². The first-order valence-electron chi connectivity index (χ1n) is 37.7. The van der Waals surface area contributed by atoms with Gasteiger partial charge in [-0.1, -0.05) is 244 Å². The maximum absolute atomic E-state index is 13.5. The maximum atomic E-state index is 13.5. The van der Waals surface area contributed by atoms with Gasteiger partial charge < -0.3 is 100 Å². The predicted molar refractivity (Wildman–Crippen MR) is 366 cm³/mol. The average molecular weight is 1380 g/mol. The number of carboxylic acids is 1. The molecule has 0 radical (unpaired) electrons. The smallest absolute Gasteiger partial charge is 0.364 e. The van der Waals surface area contributed by atoms with Crippen molar-refractivity contribution >= 4 is 17.8 Å². The highest BCUT2D eigenvalue weighted by Crippen LogP contribution is 2.39. The Morgan fingerprint density at radius 2 is 0.979 bits per heavy atom. The molecule has 96 heavy (non-hydrogen) atoms. The van der Waals surface area contributed by atoms with Crippen molar-refractivity contribution < 1.29 is 104 Å². The third kappa shape index (κ3) is 34.3. The minimum atomic E-state index is -3.08. The summed E-state index contributed by atoms with van der Waals surface area (Å²) in [6, 6.07) is -2.62. The van der Waals surface area contributed by atoms with Crippen molar-refractivity contribution in [3.63, 3.8) is 0 Å². The van der Waals surface area contributed by atoms with Crippen LogP contribution < -0.4 is 10.6 Å². The van der Waals surface area contributed by atoms with Gasteiger partial charge in [-0.2, -0.15) is 0 Å². The molecule has 23 nitrogen and oxygen atoms in total. The van der Waals surface area contributed by atoms with Gasteiger partial charge in [0.25, 0.3) is 5.79 Å². The second-order valence-electron chi connectivity index (χ2n) is 27.5. The third-order valence-electron chi connectivity index (χ3n) is 19.1. The quantitative estimate of drug-likeness (QED) is 0.0201. The summed E-state index contributed by atoms with van der Waals surface area (Å²) in [7, 11) is 0. The van der Waals surface area contributed by atoms with Crippen molar-refractivity contribution in [2.24, 2.45) is 0 Å². The van der Waals surface area contributed by atoms with Crippen molar-refractivity contribution in [3.05, 3.63) is 24.3 Å². The van der Waals surface area contributed by atoms with Gasteiger partial charge in [0, 0.05) is 19.8 Å². The Bertz CT molecular complexity index is 2030. The van der Waals surface area contributed by atoms with E-state index < -0.39 is 155 Å². The number of aliphatic hydroxyl groups is 11. The molecule has 3 rings (SSSR count). The number of nitrogens with one attached hydrogen (secondary N) is 2. The van der Waals surface area contributed by atoms with Crippen LogP contribution in [-0.2, 0) is 42.8 Å². The van der Waals surface area contributed by atoms with E-state index in [0.717, 1.165) is 58.3 Å². The first-order valence-corrected chi connectivity index (χ1v) is 37.7. The van der Waals surface area contributed by atoms with Gasteiger partial charge >= 0.3 is 5.97 Å². The molecule has 0 aromatic heterocycles. The van der Waals surface area contributed by atoms with Crippen molar-refractivity contribution in [1.82, 2.24) is 10.6 Å². The molecule has 3 heterocycles. The molecule has 0 saturated carbocycles. The van der Waals surface area contributed by atoms with E-state index >= 15 is 0 Å². The highest BCUT2D eigenvalue weighted by atomic mass is 16.8. The number of allylic oxidation sites excluding steroid dienone is 3. The highest BCUT2D eigenvalue weighted by molar-refractivity contribution is 5.77. The third-order valence-corrected chi connectivity index (χ3v) is 19.1. The Morgan fingerprint density at radius 3 is 1.42 bits per heavy atom. The van der Waals surface area contributed by atoms with Gasteiger partial charge in [0.1, 0.15) is 67.1 Å². The largest absolute Gasteiger partial charge is 0.477 e. The van der Waals surface area contributed by atoms with Crippen LogP contribution in [0, 0.1) is 0 Å². The van der Waals surface area contributed by atoms with Crippen LogP contribution >= 0.6 is 0 Å². The summed E-state index contributed by atoms with van der Waals surface area (Å²) in [5, 5.41) is 136. The molecule has 2 amide bonds. The Balaban J connectivity index is 1.54. The lowest BCUT2D eigenvalue weighted by atomic mass is 9.88. The van der Waals surface area contributed by atoms with Gasteiger partial charge in [-0.25, -0.2) is 4.79 Å². The molecular formula is C73H134N2O21. The Labute approximate surface area is 574 Å². The molecule has 18 atom stereocenters. The molecule has 0 spiro atoms. The van der Waals surface area contributed by atoms with Crippen LogP contribution in [0.4, 0.5) is 0 Å². The van der Waals surface area contributed by atoms with Gasteiger partial charge in [-0.3, -0.25) is 9.59 Å². The van der Waals surface area contributed by atoms with Crippen LogP contribution in [0.25, 0.3) is 0 Å². The average Bonchev–Trinajstić information content (AvgIpc) is 0.757. The molecule has 0 aromatic rings. The van der Waals surface area contributed by atoms with E-state index in [-0.39, 0.29) is 12.3 Å². The zero-order valence-corrected chi connectivity index (χ0v) is 59.0. The predicted octanol–water partition coefficient (Wildman–Crippen LogP) is 8.40. The molecule has 18 unspecified atom stereocenters. The fraction of sp³-hybridized carbons (Fsp3) is 0.904. The summed E-state index contributed by atoms with van der Waals surface area (Å²) in [6.07, 6.45) is 26.5. The van der Waals surface area contributed by atoms with Crippen LogP contribution in [0.15, 0.2) is 24.3 Å². The van der Waals surface area contributed by atoms with E-state index in [1.807, 2.05) is 6.08 Å². The topological polar surface area (TPSA) is 373 Å². The van der Waals surface area contributed by atoms with E-state index in [1.165, 1.54) is 186 Å². The monoisotopic (exact) mass is 1370 g/mol. The fourth-order valence-corrected chi connectivity index (χ4v) is 13.1. The zero-order valence-electron chi connectivity index (χ0n) is 59.0. The number of carboxylic acid groups (broad SMARTS) is 1. The molecule has 0 bridgehead atoms. The first kappa shape index (κ1) is 87.4. The Hall–Kier alpha value is -2.79. The minimum absolute atomic E-state index is 0.200. The van der Waals surface area contributed by atoms with Crippen molar-refractivity contribution in [2.75, 3.05) is 26.4 Å². The van der Waals surface area contributed by atoms with E-state index in [4.69, 9.17) is 28.4 Å². The molecule has 3 fully saturated rings. The number of amides is 2. The van der Waals surface area contributed by atoms with E-state index in [1.54, 1.807) is 6.08 Å². The van der Waals surface area contributed by atoms with Crippen LogP contribution in [-0.4, -0.2) is 215 Å². The highest BCUT2D eigenvalue weighted by Gasteiger charge is 2.60. The second kappa shape index (κ2) is 53.1. The standard InChI is InChI=1S/C73H134N2O21/c1-4-6-8-10-12-14-16-18-20-22-23-24-25-26-27-28-29-30-31-33-35-37-39-41-43-45-47-60(83)75-54(55(80)46-44-42-40-38-36-34-32-21-19-17-15-13-11-9-7-5-2)52-91-70-65(87)64(86)67(59(51-78)93-70)94-71-66(88)69(63(85)58(50-77)92-71)96-73(72(89)90)48-56(81)61(74-53(3)79)68(95-73)62(84)57(82)49-76/h26-27,44,46,54-59,61-71,76-78,80-82,84-88H,4-25,28-43,45,47-52H2,1-3H3,(H,74,79)(H,75,83)(H,89,90)/b27-26-,46-44+. The number of rotatable bonds is 58. The van der Waals surface area contributed by atoms with Crippen molar-refractivity contribution in [3.8, 4) is 0 Å². The second-order valence-corrected chi connectivity index (χ2v) is 27.5. The summed E-state index contributed by atoms with van der Waals surface area (Å²) < 4.78 is 34.8. The first-order chi connectivity index (χ1) is 46.4. The summed E-state index contributed by atoms with van der Waals surface area (Å²) in [4.78, 5) is 38.6. The number of hydrogen-bond acceptors (Lipinski definition) is 20. The molecule has 0 aromatic carbocycles. The van der Waals surface area contributed by atoms with Gasteiger partial charge in [0.05, 0.1) is 50.7 Å². The molecule has 3 aliphatic rings. The number of hydrogen-bond donors (Lipinski definition) is 14. The lowest BCUT2D eigenvalue weighted by molar-refractivity contribution is -0.386. The zero-order chi connectivity index (χ0) is 70.4. The van der Waals surface area contributed by atoms with Crippen molar-refractivity contribution in [2.45, 2.75) is 394 Å². The number of aliphatic carboxylic acids is 1. The number of carbonyl (C=O) groups excluding carboxylic acids is 2. The van der Waals surface area contributed by atoms with Crippen LogP contribution in [0.2, 0.25) is 0 Å². The van der Waals surface area contributed by atoms with Crippen LogP contribution in [0.3, 0.4) is 0 Å². The van der Waals surface area contributed by atoms with Crippen LogP contribution in [0.1, 0.15) is 284 Å². The summed E-state index contributed by atoms with van der Waals surface area (Å²) in [5.41, 5.74) is 0. The minimum Gasteiger partial charge on any atom is -0.477 e. The molecule has 23 heteroatoms. The van der Waals surface area contributed by atoms with Crippen molar-refractivity contribution in [1.29, 1.82) is 0 Å². The lowest BCUT2D eigenvalue weighted by Crippen LogP contribution is -2.70. The number of aliphatic hydroxyl groups excluding tert-OH is 11. The van der Waals surface area contributed by atoms with E-state index in [0.29, 0.717) is 12.8 Å². The van der Waals surface area contributed by atoms with Gasteiger partial charge in [-0.05, 0) is 44.9 Å². The summed E-state index contributed by atoms with van der Waals surface area (Å²) in [5.74, 6) is -6.14. The van der Waals surface area contributed by atoms with Gasteiger partial charge in [0.2, 0.25) is 11.8 Å². The van der Waals surface area contributed by atoms with Crippen LogP contribution in [0.5, 0.6) is 0 Å². The Morgan fingerprint density at radius 1 is 0.542 bits per heavy atom. The molecule has 14 N–H and O–H groups in total. The summed E-state index contributed by atoms with van der Waals surface area (Å²) in [6.45, 7) is 2.16. The summed E-state index contributed by atoms with van der Waals surface area (Å²) >= 11 is 0. The normalized spacial score (nSPS) is 27.7. The van der Waals surface area contributed by atoms with Gasteiger partial charge in [-0.15, -0.1) is 0 Å². The number of unbranched alkanes of at least 4 members (excludes halogenated alkanes) is 36. The molecular weight excluding hydrogens is 1240 g/mol. The van der Waals surface area contributed by atoms with Gasteiger partial charge in [0.15, 0.2) is 12.6 Å². The lowest BCUT2D eigenvalue weighted by Gasteiger charge is -2.50. The maximum Gasteiger partial charge on any atom is 0.364 e. The molecule has 3 saturated heterocycles.